The maximum atomic E-state index is 11.6. The Hall–Kier alpha value is -1.15. The monoisotopic (exact) mass is 315 g/mol. The zero-order valence-electron chi connectivity index (χ0n) is 12.5. The van der Waals surface area contributed by atoms with Gasteiger partial charge in [-0.1, -0.05) is 19.9 Å². The molecule has 1 heterocycles. The smallest absolute Gasteiger partial charge is 0.296 e. The summed E-state index contributed by atoms with van der Waals surface area (Å²) in [6.07, 6.45) is 0.732. The summed E-state index contributed by atoms with van der Waals surface area (Å²) in [6.45, 7) is 5.21. The van der Waals surface area contributed by atoms with E-state index in [2.05, 4.69) is 19.2 Å². The van der Waals surface area contributed by atoms with Crippen molar-refractivity contribution in [2.75, 3.05) is 25.8 Å². The molecule has 118 valence electrons. The molecule has 0 aliphatic carbocycles. The number of hydrogen-bond acceptors (Lipinski definition) is 5. The molecule has 0 radical (unpaired) electrons. The average Bonchev–Trinajstić information content (AvgIpc) is 2.35. The summed E-state index contributed by atoms with van der Waals surface area (Å²) >= 11 is 0. The molecule has 7 heteroatoms. The lowest BCUT2D eigenvalue weighted by molar-refractivity contribution is -0.0391. The lowest BCUT2D eigenvalue weighted by atomic mass is 9.82. The van der Waals surface area contributed by atoms with Crippen molar-refractivity contribution in [3.05, 3.63) is 23.3 Å². The first-order valence-electron chi connectivity index (χ1n) is 6.67. The van der Waals surface area contributed by atoms with Crippen LogP contribution < -0.4 is 5.32 Å². The number of ether oxygens (including phenoxy) is 2. The van der Waals surface area contributed by atoms with E-state index < -0.39 is 10.1 Å². The summed E-state index contributed by atoms with van der Waals surface area (Å²) in [7, 11) is -2.77. The molecule has 0 bridgehead atoms. The highest BCUT2D eigenvalue weighted by Gasteiger charge is 2.29. The van der Waals surface area contributed by atoms with Crippen LogP contribution in [0, 0.1) is 5.41 Å². The molecule has 0 aromatic heterocycles. The number of methoxy groups -OCH3 is 1. The van der Waals surface area contributed by atoms with Gasteiger partial charge in [0.2, 0.25) is 0 Å². The summed E-state index contributed by atoms with van der Waals surface area (Å²) in [5, 5.41) is 3.12. The van der Waals surface area contributed by atoms with Gasteiger partial charge in [-0.3, -0.25) is 4.55 Å². The Morgan fingerprint density at radius 2 is 2.10 bits per heavy atom. The first kappa shape index (κ1) is 16.2. The molecule has 1 aliphatic rings. The second-order valence-corrected chi connectivity index (χ2v) is 7.44. The van der Waals surface area contributed by atoms with Crippen molar-refractivity contribution in [3.8, 4) is 0 Å². The molecule has 0 spiro atoms. The Kier molecular flexibility index (Phi) is 4.57. The fourth-order valence-electron chi connectivity index (χ4n) is 2.51. The third kappa shape index (κ3) is 3.94. The quantitative estimate of drug-likeness (QED) is 0.491. The van der Waals surface area contributed by atoms with Gasteiger partial charge >= 0.3 is 0 Å². The third-order valence-corrected chi connectivity index (χ3v) is 4.28. The second-order valence-electron chi connectivity index (χ2n) is 6.05. The molecule has 2 rings (SSSR count). The van der Waals surface area contributed by atoms with Gasteiger partial charge in [-0.15, -0.1) is 0 Å². The van der Waals surface area contributed by atoms with Crippen LogP contribution >= 0.6 is 0 Å². The van der Waals surface area contributed by atoms with E-state index in [1.165, 1.54) is 13.2 Å². The SMILES string of the molecule is COCOCc1cc2c(c(S(=O)(=O)O)c1)NCC(C)(C)C2. The van der Waals surface area contributed by atoms with Crippen molar-refractivity contribution in [2.24, 2.45) is 5.41 Å². The van der Waals surface area contributed by atoms with Gasteiger partial charge in [0.15, 0.2) is 0 Å². The zero-order chi connectivity index (χ0) is 15.7. The second kappa shape index (κ2) is 5.92. The van der Waals surface area contributed by atoms with Crippen molar-refractivity contribution >= 4 is 15.8 Å². The molecular formula is C14H21NO5S. The molecule has 1 aliphatic heterocycles. The molecule has 21 heavy (non-hydrogen) atoms. The Morgan fingerprint density at radius 1 is 1.38 bits per heavy atom. The van der Waals surface area contributed by atoms with Gasteiger partial charge in [0, 0.05) is 13.7 Å². The van der Waals surface area contributed by atoms with Crippen molar-refractivity contribution in [3.63, 3.8) is 0 Å². The van der Waals surface area contributed by atoms with Crippen LogP contribution in [0.3, 0.4) is 0 Å². The van der Waals surface area contributed by atoms with Crippen LogP contribution in [0.4, 0.5) is 5.69 Å². The van der Waals surface area contributed by atoms with E-state index in [4.69, 9.17) is 9.47 Å². The van der Waals surface area contributed by atoms with Gasteiger partial charge in [-0.05, 0) is 29.0 Å². The molecule has 0 fully saturated rings. The Balaban J connectivity index is 2.43. The van der Waals surface area contributed by atoms with Crippen LogP contribution in [-0.4, -0.2) is 33.4 Å². The molecule has 0 atom stereocenters. The number of fused-ring (bicyclic) bond motifs is 1. The van der Waals surface area contributed by atoms with Crippen LogP contribution in [0.5, 0.6) is 0 Å². The third-order valence-electron chi connectivity index (χ3n) is 3.40. The summed E-state index contributed by atoms with van der Waals surface area (Å²) in [5.74, 6) is 0. The molecule has 0 saturated heterocycles. The lowest BCUT2D eigenvalue weighted by Crippen LogP contribution is -2.31. The van der Waals surface area contributed by atoms with Crippen molar-refractivity contribution in [2.45, 2.75) is 31.8 Å². The maximum Gasteiger partial charge on any atom is 0.296 e. The van der Waals surface area contributed by atoms with Gasteiger partial charge in [0.05, 0.1) is 12.3 Å². The van der Waals surface area contributed by atoms with Gasteiger partial charge in [-0.25, -0.2) is 0 Å². The lowest BCUT2D eigenvalue weighted by Gasteiger charge is -2.33. The Bertz CT molecular complexity index is 624. The van der Waals surface area contributed by atoms with E-state index in [1.807, 2.05) is 6.07 Å². The van der Waals surface area contributed by atoms with Crippen LogP contribution in [0.25, 0.3) is 0 Å². The Labute approximate surface area is 125 Å². The predicted octanol–water partition coefficient (Wildman–Crippen LogP) is 2.05. The number of hydrogen-bond donors (Lipinski definition) is 2. The number of benzene rings is 1. The number of rotatable bonds is 5. The molecule has 1 aromatic rings. The highest BCUT2D eigenvalue weighted by molar-refractivity contribution is 7.86. The average molecular weight is 315 g/mol. The number of anilines is 1. The molecule has 6 nitrogen and oxygen atoms in total. The highest BCUT2D eigenvalue weighted by atomic mass is 32.2. The van der Waals surface area contributed by atoms with Crippen LogP contribution in [0.1, 0.15) is 25.0 Å². The minimum absolute atomic E-state index is 0.0233. The summed E-state index contributed by atoms with van der Waals surface area (Å²) in [5.41, 5.74) is 2.08. The van der Waals surface area contributed by atoms with Crippen molar-refractivity contribution < 1.29 is 22.4 Å². The molecule has 1 aromatic carbocycles. The van der Waals surface area contributed by atoms with Crippen molar-refractivity contribution in [1.29, 1.82) is 0 Å². The van der Waals surface area contributed by atoms with E-state index in [-0.39, 0.29) is 23.7 Å². The fraction of sp³-hybridized carbons (Fsp3) is 0.571. The largest absolute Gasteiger partial charge is 0.383 e. The zero-order valence-corrected chi connectivity index (χ0v) is 13.3. The minimum atomic E-state index is -4.28. The van der Waals surface area contributed by atoms with E-state index >= 15 is 0 Å². The van der Waals surface area contributed by atoms with Crippen LogP contribution in [0.15, 0.2) is 17.0 Å². The molecule has 0 saturated carbocycles. The molecular weight excluding hydrogens is 294 g/mol. The molecule has 0 amide bonds. The summed E-state index contributed by atoms with van der Waals surface area (Å²) in [6, 6.07) is 3.35. The van der Waals surface area contributed by atoms with E-state index in [1.54, 1.807) is 0 Å². The van der Waals surface area contributed by atoms with E-state index in [9.17, 15) is 13.0 Å². The van der Waals surface area contributed by atoms with E-state index in [0.29, 0.717) is 17.8 Å². The van der Waals surface area contributed by atoms with Gasteiger partial charge < -0.3 is 14.8 Å². The van der Waals surface area contributed by atoms with Gasteiger partial charge in [-0.2, -0.15) is 8.42 Å². The van der Waals surface area contributed by atoms with Crippen LogP contribution in [0.2, 0.25) is 0 Å². The predicted molar refractivity (Wildman–Crippen MR) is 78.9 cm³/mol. The van der Waals surface area contributed by atoms with E-state index in [0.717, 1.165) is 12.0 Å². The van der Waals surface area contributed by atoms with Gasteiger partial charge in [0.1, 0.15) is 11.7 Å². The van der Waals surface area contributed by atoms with Crippen LogP contribution in [-0.2, 0) is 32.6 Å². The highest BCUT2D eigenvalue weighted by Crippen LogP contribution is 2.37. The molecule has 0 unspecified atom stereocenters. The minimum Gasteiger partial charge on any atom is -0.383 e. The topological polar surface area (TPSA) is 84.9 Å². The summed E-state index contributed by atoms with van der Waals surface area (Å²) < 4.78 is 42.7. The summed E-state index contributed by atoms with van der Waals surface area (Å²) in [4.78, 5) is -0.0912. The first-order valence-corrected chi connectivity index (χ1v) is 8.11. The normalized spacial score (nSPS) is 17.1. The first-order chi connectivity index (χ1) is 9.73. The standard InChI is InChI=1S/C14H21NO5S/c1-14(2)6-11-4-10(7-20-9-19-3)5-12(21(16,17)18)13(11)15-8-14/h4-5,15H,6-9H2,1-3H3,(H,16,17,18). The number of nitrogens with one attached hydrogen (secondary N) is 1. The fourth-order valence-corrected chi connectivity index (χ4v) is 3.27. The van der Waals surface area contributed by atoms with Gasteiger partial charge in [0.25, 0.3) is 10.1 Å². The van der Waals surface area contributed by atoms with Crippen molar-refractivity contribution in [1.82, 2.24) is 0 Å². The Morgan fingerprint density at radius 3 is 2.71 bits per heavy atom. The maximum absolute atomic E-state index is 11.6. The molecule has 2 N–H and O–H groups in total.